The van der Waals surface area contributed by atoms with Crippen molar-refractivity contribution in [3.05, 3.63) is 54.7 Å². The summed E-state index contributed by atoms with van der Waals surface area (Å²) >= 11 is 4.99. The molecule has 2 aromatic rings. The average molecular weight is 426 g/mol. The Kier molecular flexibility index (Phi) is 6.69. The van der Waals surface area contributed by atoms with Gasteiger partial charge in [0.15, 0.2) is 0 Å². The number of amides is 1. The van der Waals surface area contributed by atoms with Crippen LogP contribution in [0.25, 0.3) is 0 Å². The summed E-state index contributed by atoms with van der Waals surface area (Å²) in [5.74, 6) is -0.156. The number of halogens is 1. The van der Waals surface area contributed by atoms with Gasteiger partial charge < -0.3 is 5.32 Å². The first-order chi connectivity index (χ1) is 11.8. The van der Waals surface area contributed by atoms with E-state index in [-0.39, 0.29) is 24.2 Å². The number of non-ortho nitro benzene ring substituents is 1. The maximum atomic E-state index is 12.4. The summed E-state index contributed by atoms with van der Waals surface area (Å²) < 4.78 is 0.486. The Morgan fingerprint density at radius 3 is 2.60 bits per heavy atom. The number of aryl methyl sites for hydroxylation is 1. The molecule has 0 spiro atoms. The molecule has 25 heavy (non-hydrogen) atoms. The molecule has 1 aromatic carbocycles. The topological polar surface area (TPSA) is 75.5 Å². The van der Waals surface area contributed by atoms with E-state index in [9.17, 15) is 14.9 Å². The largest absolute Gasteiger partial charge is 0.324 e. The lowest BCUT2D eigenvalue weighted by Gasteiger charge is -2.25. The molecule has 0 fully saturated rings. The fourth-order valence-electron chi connectivity index (χ4n) is 2.28. The first-order valence-corrected chi connectivity index (χ1v) is 9.40. The normalized spacial score (nSPS) is 11.1. The van der Waals surface area contributed by atoms with Gasteiger partial charge in [-0.2, -0.15) is 0 Å². The summed E-state index contributed by atoms with van der Waals surface area (Å²) in [5, 5.41) is 13.6. The molecule has 1 N–H and O–H groups in total. The van der Waals surface area contributed by atoms with Crippen molar-refractivity contribution in [2.45, 2.75) is 33.4 Å². The van der Waals surface area contributed by atoms with Gasteiger partial charge in [0.1, 0.15) is 0 Å². The summed E-state index contributed by atoms with van der Waals surface area (Å²) in [7, 11) is 0. The Bertz CT molecular complexity index is 776. The SMILES string of the molecule is Cc1ccc(CN(CC(=O)Nc2ccc([N+](=O)[O-])cc2Br)C(C)C)s1. The average Bonchev–Trinajstić information content (AvgIpc) is 2.93. The van der Waals surface area contributed by atoms with E-state index in [4.69, 9.17) is 0 Å². The predicted molar refractivity (Wildman–Crippen MR) is 104 cm³/mol. The van der Waals surface area contributed by atoms with Crippen molar-refractivity contribution in [3.63, 3.8) is 0 Å². The number of nitrogens with one attached hydrogen (secondary N) is 1. The zero-order valence-corrected chi connectivity index (χ0v) is 16.7. The fraction of sp³-hybridized carbons (Fsp3) is 0.353. The van der Waals surface area contributed by atoms with Gasteiger partial charge in [-0.3, -0.25) is 19.8 Å². The molecular formula is C17H20BrN3O3S. The Morgan fingerprint density at radius 1 is 1.36 bits per heavy atom. The number of carbonyl (C=O) groups is 1. The second kappa shape index (κ2) is 8.55. The standard InChI is InChI=1S/C17H20BrN3O3S/c1-11(2)20(9-14-6-4-12(3)25-14)10-17(22)19-16-7-5-13(21(23)24)8-15(16)18/h4-8,11H,9-10H2,1-3H3,(H,19,22). The zero-order valence-electron chi connectivity index (χ0n) is 14.3. The first-order valence-electron chi connectivity index (χ1n) is 7.79. The number of thiophene rings is 1. The maximum absolute atomic E-state index is 12.4. The highest BCUT2D eigenvalue weighted by atomic mass is 79.9. The van der Waals surface area contributed by atoms with Crippen LogP contribution >= 0.6 is 27.3 Å². The lowest BCUT2D eigenvalue weighted by atomic mass is 10.2. The molecule has 1 heterocycles. The van der Waals surface area contributed by atoms with Crippen molar-refractivity contribution in [2.75, 3.05) is 11.9 Å². The molecule has 1 amide bonds. The molecule has 8 heteroatoms. The number of anilines is 1. The van der Waals surface area contributed by atoms with Crippen molar-refractivity contribution >= 4 is 44.5 Å². The Morgan fingerprint density at radius 2 is 2.08 bits per heavy atom. The molecule has 0 aliphatic heterocycles. The molecule has 6 nitrogen and oxygen atoms in total. The predicted octanol–water partition coefficient (Wildman–Crippen LogP) is 4.58. The minimum absolute atomic E-state index is 0.0262. The van der Waals surface area contributed by atoms with E-state index < -0.39 is 4.92 Å². The molecule has 2 rings (SSSR count). The molecule has 0 aliphatic rings. The third-order valence-electron chi connectivity index (χ3n) is 3.67. The third kappa shape index (κ3) is 5.62. The second-order valence-corrected chi connectivity index (χ2v) is 8.21. The van der Waals surface area contributed by atoms with Gasteiger partial charge in [0.25, 0.3) is 5.69 Å². The van der Waals surface area contributed by atoms with Crippen LogP contribution in [0.3, 0.4) is 0 Å². The van der Waals surface area contributed by atoms with Crippen LogP contribution in [0.2, 0.25) is 0 Å². The van der Waals surface area contributed by atoms with Crippen LogP contribution in [0.5, 0.6) is 0 Å². The smallest absolute Gasteiger partial charge is 0.270 e. The van der Waals surface area contributed by atoms with Crippen LogP contribution in [0, 0.1) is 17.0 Å². The highest BCUT2D eigenvalue weighted by Gasteiger charge is 2.17. The van der Waals surface area contributed by atoms with Gasteiger partial charge in [0.05, 0.1) is 17.2 Å². The monoisotopic (exact) mass is 425 g/mol. The number of hydrogen-bond acceptors (Lipinski definition) is 5. The van der Waals surface area contributed by atoms with Gasteiger partial charge in [-0.05, 0) is 54.9 Å². The second-order valence-electron chi connectivity index (χ2n) is 5.98. The van der Waals surface area contributed by atoms with E-state index in [0.717, 1.165) is 0 Å². The van der Waals surface area contributed by atoms with Gasteiger partial charge in [-0.15, -0.1) is 11.3 Å². The fourth-order valence-corrected chi connectivity index (χ4v) is 3.67. The Balaban J connectivity index is 2.02. The lowest BCUT2D eigenvalue weighted by Crippen LogP contribution is -2.37. The number of nitrogens with zero attached hydrogens (tertiary/aromatic N) is 2. The number of nitro benzene ring substituents is 1. The maximum Gasteiger partial charge on any atom is 0.270 e. The minimum atomic E-state index is -0.472. The molecule has 0 aliphatic carbocycles. The van der Waals surface area contributed by atoms with Crippen LogP contribution in [0.15, 0.2) is 34.8 Å². The number of nitro groups is 1. The van der Waals surface area contributed by atoms with Crippen molar-refractivity contribution < 1.29 is 9.72 Å². The van der Waals surface area contributed by atoms with E-state index in [1.807, 2.05) is 0 Å². The molecule has 0 bridgehead atoms. The number of hydrogen-bond donors (Lipinski definition) is 1. The van der Waals surface area contributed by atoms with Crippen molar-refractivity contribution in [2.24, 2.45) is 0 Å². The summed E-state index contributed by atoms with van der Waals surface area (Å²) in [4.78, 5) is 27.2. The summed E-state index contributed by atoms with van der Waals surface area (Å²) in [5.41, 5.74) is 0.494. The van der Waals surface area contributed by atoms with E-state index in [1.54, 1.807) is 11.3 Å². The molecule has 0 atom stereocenters. The van der Waals surface area contributed by atoms with Crippen LogP contribution in [-0.2, 0) is 11.3 Å². The van der Waals surface area contributed by atoms with Crippen molar-refractivity contribution in [3.8, 4) is 0 Å². The summed E-state index contributed by atoms with van der Waals surface area (Å²) in [6, 6.07) is 8.66. The molecular weight excluding hydrogens is 406 g/mol. The van der Waals surface area contributed by atoms with Crippen LogP contribution < -0.4 is 5.32 Å². The molecule has 0 unspecified atom stereocenters. The minimum Gasteiger partial charge on any atom is -0.324 e. The molecule has 1 aromatic heterocycles. The quantitative estimate of drug-likeness (QED) is 0.520. The van der Waals surface area contributed by atoms with E-state index in [0.29, 0.717) is 16.7 Å². The van der Waals surface area contributed by atoms with Gasteiger partial charge in [0.2, 0.25) is 5.91 Å². The number of carbonyl (C=O) groups excluding carboxylic acids is 1. The first kappa shape index (κ1) is 19.6. The summed E-state index contributed by atoms with van der Waals surface area (Å²) in [6.45, 7) is 7.13. The Labute approximate surface area is 159 Å². The van der Waals surface area contributed by atoms with Crippen LogP contribution in [-0.4, -0.2) is 28.3 Å². The van der Waals surface area contributed by atoms with Crippen LogP contribution in [0.4, 0.5) is 11.4 Å². The van der Waals surface area contributed by atoms with Gasteiger partial charge in [-0.1, -0.05) is 0 Å². The van der Waals surface area contributed by atoms with E-state index >= 15 is 0 Å². The highest BCUT2D eigenvalue weighted by molar-refractivity contribution is 9.10. The number of benzene rings is 1. The van der Waals surface area contributed by atoms with Gasteiger partial charge >= 0.3 is 0 Å². The van der Waals surface area contributed by atoms with E-state index in [2.05, 4.69) is 59.1 Å². The van der Waals surface area contributed by atoms with Crippen molar-refractivity contribution in [1.29, 1.82) is 0 Å². The lowest BCUT2D eigenvalue weighted by molar-refractivity contribution is -0.384. The summed E-state index contributed by atoms with van der Waals surface area (Å²) in [6.07, 6.45) is 0. The molecule has 0 saturated heterocycles. The molecule has 134 valence electrons. The zero-order chi connectivity index (χ0) is 18.6. The number of rotatable bonds is 7. The van der Waals surface area contributed by atoms with Crippen molar-refractivity contribution in [1.82, 2.24) is 4.90 Å². The molecule has 0 saturated carbocycles. The van der Waals surface area contributed by atoms with E-state index in [1.165, 1.54) is 28.0 Å². The van der Waals surface area contributed by atoms with Crippen LogP contribution in [0.1, 0.15) is 23.6 Å². The van der Waals surface area contributed by atoms with Gasteiger partial charge in [-0.25, -0.2) is 0 Å². The molecule has 0 radical (unpaired) electrons. The Hall–Kier alpha value is -1.77. The third-order valence-corrected chi connectivity index (χ3v) is 5.31. The van der Waals surface area contributed by atoms with Gasteiger partial charge in [0, 0.05) is 38.9 Å². The highest BCUT2D eigenvalue weighted by Crippen LogP contribution is 2.27.